The van der Waals surface area contributed by atoms with Gasteiger partial charge in [-0.2, -0.15) is 5.26 Å². The molecule has 1 unspecified atom stereocenters. The summed E-state index contributed by atoms with van der Waals surface area (Å²) in [6.07, 6.45) is 3.62. The van der Waals surface area contributed by atoms with Gasteiger partial charge >= 0.3 is 0 Å². The first-order valence-corrected chi connectivity index (χ1v) is 5.56. The Hall–Kier alpha value is -0.590. The quantitative estimate of drug-likeness (QED) is 0.739. The third-order valence-electron chi connectivity index (χ3n) is 3.03. The summed E-state index contributed by atoms with van der Waals surface area (Å²) in [4.78, 5) is 2.35. The lowest BCUT2D eigenvalue weighted by molar-refractivity contribution is 0.0807. The molecule has 1 fully saturated rings. The molecule has 0 aromatic heterocycles. The fourth-order valence-corrected chi connectivity index (χ4v) is 1.84. The van der Waals surface area contributed by atoms with Crippen LogP contribution < -0.4 is 0 Å². The maximum Gasteiger partial charge on any atom is 0.0656 e. The molecule has 0 bridgehead atoms. The van der Waals surface area contributed by atoms with Crippen LogP contribution in [0.15, 0.2) is 0 Å². The molecule has 1 heterocycles. The van der Waals surface area contributed by atoms with Crippen LogP contribution in [-0.2, 0) is 0 Å². The zero-order valence-electron chi connectivity index (χ0n) is 8.95. The lowest BCUT2D eigenvalue weighted by atomic mass is 10.0. The third kappa shape index (κ3) is 3.65. The molecule has 1 atom stereocenters. The summed E-state index contributed by atoms with van der Waals surface area (Å²) in [5, 5.41) is 18.1. The largest absolute Gasteiger partial charge is 0.393 e. The first kappa shape index (κ1) is 11.5. The smallest absolute Gasteiger partial charge is 0.0656 e. The van der Waals surface area contributed by atoms with E-state index < -0.39 is 0 Å². The molecular weight excluding hydrogens is 176 g/mol. The van der Waals surface area contributed by atoms with Crippen LogP contribution in [0, 0.1) is 17.2 Å². The van der Waals surface area contributed by atoms with E-state index in [-0.39, 0.29) is 12.0 Å². The highest BCUT2D eigenvalue weighted by molar-refractivity contribution is 4.82. The van der Waals surface area contributed by atoms with Crippen molar-refractivity contribution in [2.24, 2.45) is 5.92 Å². The standard InChI is InChI=1S/C11H20N2O/c1-2-10(9-12)3-6-13-7-4-11(14)5-8-13/h10-11,14H,2-8H2,1H3. The molecule has 1 rings (SSSR count). The van der Waals surface area contributed by atoms with E-state index in [9.17, 15) is 5.11 Å². The third-order valence-corrected chi connectivity index (χ3v) is 3.03. The fraction of sp³-hybridized carbons (Fsp3) is 0.909. The van der Waals surface area contributed by atoms with E-state index in [2.05, 4.69) is 17.9 Å². The average molecular weight is 196 g/mol. The Bertz CT molecular complexity index is 192. The lowest BCUT2D eigenvalue weighted by Gasteiger charge is -2.29. The normalized spacial score (nSPS) is 21.8. The summed E-state index contributed by atoms with van der Waals surface area (Å²) in [5.41, 5.74) is 0. The number of nitriles is 1. The van der Waals surface area contributed by atoms with Crippen LogP contribution in [0.1, 0.15) is 32.6 Å². The van der Waals surface area contributed by atoms with Crippen molar-refractivity contribution in [1.29, 1.82) is 5.26 Å². The van der Waals surface area contributed by atoms with Crippen LogP contribution in [0.4, 0.5) is 0 Å². The van der Waals surface area contributed by atoms with Crippen molar-refractivity contribution in [2.75, 3.05) is 19.6 Å². The summed E-state index contributed by atoms with van der Waals surface area (Å²) in [6, 6.07) is 2.32. The highest BCUT2D eigenvalue weighted by atomic mass is 16.3. The predicted molar refractivity (Wildman–Crippen MR) is 55.7 cm³/mol. The van der Waals surface area contributed by atoms with Crippen molar-refractivity contribution in [3.63, 3.8) is 0 Å². The zero-order chi connectivity index (χ0) is 10.4. The van der Waals surface area contributed by atoms with Gasteiger partial charge in [0.15, 0.2) is 0 Å². The van der Waals surface area contributed by atoms with E-state index >= 15 is 0 Å². The number of aliphatic hydroxyl groups is 1. The second-order valence-electron chi connectivity index (χ2n) is 4.10. The minimum Gasteiger partial charge on any atom is -0.393 e. The van der Waals surface area contributed by atoms with Crippen LogP contribution in [0.5, 0.6) is 0 Å². The van der Waals surface area contributed by atoms with Gasteiger partial charge in [0.2, 0.25) is 0 Å². The van der Waals surface area contributed by atoms with Gasteiger partial charge in [-0.05, 0) is 32.2 Å². The van der Waals surface area contributed by atoms with Crippen LogP contribution in [0.25, 0.3) is 0 Å². The Kier molecular flexibility index (Phi) is 4.92. The minimum atomic E-state index is -0.0933. The van der Waals surface area contributed by atoms with E-state index in [4.69, 9.17) is 5.26 Å². The molecule has 3 nitrogen and oxygen atoms in total. The van der Waals surface area contributed by atoms with Crippen LogP contribution in [0.3, 0.4) is 0 Å². The van der Waals surface area contributed by atoms with Crippen molar-refractivity contribution in [3.05, 3.63) is 0 Å². The minimum absolute atomic E-state index is 0.0933. The molecule has 3 heteroatoms. The molecule has 0 aromatic carbocycles. The van der Waals surface area contributed by atoms with Crippen LogP contribution in [0.2, 0.25) is 0 Å². The van der Waals surface area contributed by atoms with Gasteiger partial charge in [-0.3, -0.25) is 0 Å². The van der Waals surface area contributed by atoms with E-state index in [1.54, 1.807) is 0 Å². The molecule has 0 amide bonds. The zero-order valence-corrected chi connectivity index (χ0v) is 8.95. The van der Waals surface area contributed by atoms with Gasteiger partial charge in [-0.15, -0.1) is 0 Å². The number of aliphatic hydroxyl groups excluding tert-OH is 1. The van der Waals surface area contributed by atoms with Gasteiger partial charge in [-0.25, -0.2) is 0 Å². The van der Waals surface area contributed by atoms with Gasteiger partial charge < -0.3 is 10.0 Å². The first-order chi connectivity index (χ1) is 6.76. The number of hydrogen-bond donors (Lipinski definition) is 1. The SMILES string of the molecule is CCC(C#N)CCN1CCC(O)CC1. The van der Waals surface area contributed by atoms with Crippen molar-refractivity contribution in [1.82, 2.24) is 4.90 Å². The van der Waals surface area contributed by atoms with Gasteiger partial charge in [0.25, 0.3) is 0 Å². The highest BCUT2D eigenvalue weighted by Gasteiger charge is 2.17. The Balaban J connectivity index is 2.16. The van der Waals surface area contributed by atoms with Crippen LogP contribution >= 0.6 is 0 Å². The summed E-state index contributed by atoms with van der Waals surface area (Å²) < 4.78 is 0. The number of piperidine rings is 1. The summed E-state index contributed by atoms with van der Waals surface area (Å²) in [6.45, 7) is 5.05. The molecule has 0 radical (unpaired) electrons. The van der Waals surface area contributed by atoms with Crippen molar-refractivity contribution in [3.8, 4) is 6.07 Å². The molecule has 1 N–H and O–H groups in total. The van der Waals surface area contributed by atoms with Crippen molar-refractivity contribution in [2.45, 2.75) is 38.7 Å². The maximum absolute atomic E-state index is 9.32. The number of hydrogen-bond acceptors (Lipinski definition) is 3. The summed E-state index contributed by atoms with van der Waals surface area (Å²) in [5.74, 6) is 0.210. The number of nitrogens with zero attached hydrogens (tertiary/aromatic N) is 2. The summed E-state index contributed by atoms with van der Waals surface area (Å²) in [7, 11) is 0. The molecule has 14 heavy (non-hydrogen) atoms. The molecule has 0 aromatic rings. The van der Waals surface area contributed by atoms with E-state index in [1.807, 2.05) is 0 Å². The number of rotatable bonds is 4. The molecule has 0 spiro atoms. The number of likely N-dealkylation sites (tertiary alicyclic amines) is 1. The Labute approximate surface area is 86.3 Å². The van der Waals surface area contributed by atoms with Gasteiger partial charge in [-0.1, -0.05) is 6.92 Å². The highest BCUT2D eigenvalue weighted by Crippen LogP contribution is 2.13. The maximum atomic E-state index is 9.32. The molecule has 1 aliphatic heterocycles. The average Bonchev–Trinajstić information content (AvgIpc) is 2.22. The van der Waals surface area contributed by atoms with E-state index in [0.717, 1.165) is 45.3 Å². The van der Waals surface area contributed by atoms with E-state index in [1.165, 1.54) is 0 Å². The molecule has 0 aliphatic carbocycles. The monoisotopic (exact) mass is 196 g/mol. The molecule has 80 valence electrons. The van der Waals surface area contributed by atoms with Crippen molar-refractivity contribution >= 4 is 0 Å². The molecule has 1 aliphatic rings. The Morgan fingerprint density at radius 2 is 2.14 bits per heavy atom. The summed E-state index contributed by atoms with van der Waals surface area (Å²) >= 11 is 0. The first-order valence-electron chi connectivity index (χ1n) is 5.56. The Morgan fingerprint density at radius 1 is 1.50 bits per heavy atom. The predicted octanol–water partition coefficient (Wildman–Crippen LogP) is 1.38. The van der Waals surface area contributed by atoms with E-state index in [0.29, 0.717) is 0 Å². The fourth-order valence-electron chi connectivity index (χ4n) is 1.84. The topological polar surface area (TPSA) is 47.3 Å². The lowest BCUT2D eigenvalue weighted by Crippen LogP contribution is -2.36. The second kappa shape index (κ2) is 6.00. The van der Waals surface area contributed by atoms with Gasteiger partial charge in [0.05, 0.1) is 12.2 Å². The molecule has 0 saturated carbocycles. The van der Waals surface area contributed by atoms with Gasteiger partial charge in [0.1, 0.15) is 0 Å². The van der Waals surface area contributed by atoms with Crippen molar-refractivity contribution < 1.29 is 5.11 Å². The second-order valence-corrected chi connectivity index (χ2v) is 4.10. The Morgan fingerprint density at radius 3 is 2.64 bits per heavy atom. The molecular formula is C11H20N2O. The molecule has 1 saturated heterocycles. The van der Waals surface area contributed by atoms with Crippen LogP contribution in [-0.4, -0.2) is 35.7 Å². The van der Waals surface area contributed by atoms with Gasteiger partial charge in [0, 0.05) is 19.0 Å².